The Morgan fingerprint density at radius 2 is 2.00 bits per heavy atom. The van der Waals surface area contributed by atoms with Gasteiger partial charge in [-0.2, -0.15) is 5.10 Å². The van der Waals surface area contributed by atoms with E-state index >= 15 is 0 Å². The molecule has 2 atom stereocenters. The molecule has 3 heterocycles. The van der Waals surface area contributed by atoms with Gasteiger partial charge in [0, 0.05) is 44.6 Å². The van der Waals surface area contributed by atoms with Gasteiger partial charge in [-0.1, -0.05) is 19.9 Å². The lowest BCUT2D eigenvalue weighted by Gasteiger charge is -2.27. The molecule has 0 radical (unpaired) electrons. The Hall–Kier alpha value is -3.36. The van der Waals surface area contributed by atoms with Gasteiger partial charge < -0.3 is 19.4 Å². The van der Waals surface area contributed by atoms with Crippen molar-refractivity contribution in [3.63, 3.8) is 0 Å². The first kappa shape index (κ1) is 23.4. The molecule has 0 saturated heterocycles. The fourth-order valence-electron chi connectivity index (χ4n) is 5.52. The van der Waals surface area contributed by atoms with E-state index in [1.807, 2.05) is 42.1 Å². The van der Waals surface area contributed by atoms with E-state index in [0.29, 0.717) is 17.1 Å². The van der Waals surface area contributed by atoms with Crippen molar-refractivity contribution < 1.29 is 4.79 Å². The minimum absolute atomic E-state index is 0.00160. The molecule has 2 saturated carbocycles. The summed E-state index contributed by atoms with van der Waals surface area (Å²) in [5.74, 6) is -0.0797. The first-order valence-electron chi connectivity index (χ1n) is 12.7. The summed E-state index contributed by atoms with van der Waals surface area (Å²) in [6.45, 7) is 5.76. The molecule has 0 spiro atoms. The highest BCUT2D eigenvalue weighted by atomic mass is 16.2. The Balaban J connectivity index is 1.57. The summed E-state index contributed by atoms with van der Waals surface area (Å²) in [5.41, 5.74) is 4.14. The average Bonchev–Trinajstić information content (AvgIpc) is 3.53. The summed E-state index contributed by atoms with van der Waals surface area (Å²) >= 11 is 0. The summed E-state index contributed by atoms with van der Waals surface area (Å²) in [5, 5.41) is 8.18. The van der Waals surface area contributed by atoms with Crippen molar-refractivity contribution in [2.75, 3.05) is 12.4 Å². The van der Waals surface area contributed by atoms with Crippen LogP contribution in [0.5, 0.6) is 0 Å². The topological polar surface area (TPSA) is 90.0 Å². The molecule has 1 amide bonds. The molecule has 3 aromatic heterocycles. The van der Waals surface area contributed by atoms with E-state index < -0.39 is 0 Å². The van der Waals surface area contributed by atoms with Crippen molar-refractivity contribution in [1.82, 2.24) is 28.8 Å². The van der Waals surface area contributed by atoms with Crippen LogP contribution in [-0.4, -0.2) is 47.8 Å². The largest absolute Gasteiger partial charge is 0.350 e. The first-order chi connectivity index (χ1) is 16.9. The Morgan fingerprint density at radius 3 is 2.69 bits per heavy atom. The number of imidazole rings is 1. The zero-order valence-corrected chi connectivity index (χ0v) is 20.9. The van der Waals surface area contributed by atoms with E-state index in [1.165, 1.54) is 12.5 Å². The van der Waals surface area contributed by atoms with E-state index in [1.54, 1.807) is 4.90 Å². The number of hydrogen-bond donors (Lipinski definition) is 1. The number of pyridine rings is 1. The fourth-order valence-corrected chi connectivity index (χ4v) is 5.52. The molecule has 0 aromatic carbocycles. The zero-order chi connectivity index (χ0) is 24.7. The second kappa shape index (κ2) is 9.36. The van der Waals surface area contributed by atoms with Gasteiger partial charge in [0.05, 0.1) is 23.4 Å². The van der Waals surface area contributed by atoms with Gasteiger partial charge in [-0.25, -0.2) is 4.98 Å². The van der Waals surface area contributed by atoms with Crippen LogP contribution in [-0.2, 0) is 18.3 Å². The first-order valence-corrected chi connectivity index (χ1v) is 12.7. The van der Waals surface area contributed by atoms with E-state index in [9.17, 15) is 9.59 Å². The molecule has 35 heavy (non-hydrogen) atoms. The third-order valence-corrected chi connectivity index (χ3v) is 7.72. The van der Waals surface area contributed by atoms with Gasteiger partial charge in [0.2, 0.25) is 5.91 Å². The van der Waals surface area contributed by atoms with Gasteiger partial charge in [0.1, 0.15) is 11.0 Å². The summed E-state index contributed by atoms with van der Waals surface area (Å²) in [6.07, 6.45) is 14.7. The Bertz CT molecular complexity index is 1310. The minimum Gasteiger partial charge on any atom is -0.350 e. The SMILES string of the molecule is C=CC(=O)N(C)C1CCC(n2cc(Nc3cn(C)nc3CCC)c3ncn(C4CCC4)c3c2=O)C1. The number of aromatic nitrogens is 5. The maximum absolute atomic E-state index is 13.8. The Labute approximate surface area is 205 Å². The number of rotatable bonds is 8. The van der Waals surface area contributed by atoms with Crippen LogP contribution in [0, 0.1) is 0 Å². The van der Waals surface area contributed by atoms with Gasteiger partial charge in [0.15, 0.2) is 0 Å². The monoisotopic (exact) mass is 477 g/mol. The van der Waals surface area contributed by atoms with Gasteiger partial charge in [-0.15, -0.1) is 0 Å². The lowest BCUT2D eigenvalue weighted by Crippen LogP contribution is -2.34. The van der Waals surface area contributed by atoms with E-state index in [0.717, 1.165) is 62.0 Å². The van der Waals surface area contributed by atoms with Crippen molar-refractivity contribution >= 4 is 28.3 Å². The van der Waals surface area contributed by atoms with Crippen molar-refractivity contribution in [2.45, 2.75) is 76.4 Å². The molecular formula is C26H35N7O2. The number of likely N-dealkylation sites (N-methyl/N-ethyl adjacent to an activating group) is 1. The van der Waals surface area contributed by atoms with Gasteiger partial charge in [0.25, 0.3) is 5.56 Å². The zero-order valence-electron chi connectivity index (χ0n) is 20.9. The average molecular weight is 478 g/mol. The molecule has 2 unspecified atom stereocenters. The molecule has 1 N–H and O–H groups in total. The second-order valence-electron chi connectivity index (χ2n) is 10.0. The van der Waals surface area contributed by atoms with Crippen molar-refractivity contribution in [2.24, 2.45) is 7.05 Å². The van der Waals surface area contributed by atoms with Crippen LogP contribution in [0.3, 0.4) is 0 Å². The molecule has 5 rings (SSSR count). The molecule has 0 bridgehead atoms. The molecule has 9 heteroatoms. The number of amides is 1. The van der Waals surface area contributed by atoms with Gasteiger partial charge >= 0.3 is 0 Å². The molecule has 9 nitrogen and oxygen atoms in total. The van der Waals surface area contributed by atoms with Gasteiger partial charge in [-0.05, 0) is 51.0 Å². The Morgan fingerprint density at radius 1 is 1.20 bits per heavy atom. The number of aryl methyl sites for hydroxylation is 2. The smallest absolute Gasteiger partial charge is 0.277 e. The number of nitrogens with zero attached hydrogens (tertiary/aromatic N) is 6. The maximum Gasteiger partial charge on any atom is 0.277 e. The third-order valence-electron chi connectivity index (χ3n) is 7.72. The highest BCUT2D eigenvalue weighted by Gasteiger charge is 2.32. The van der Waals surface area contributed by atoms with Gasteiger partial charge in [-0.3, -0.25) is 14.3 Å². The predicted molar refractivity (Wildman–Crippen MR) is 137 cm³/mol. The second-order valence-corrected chi connectivity index (χ2v) is 10.0. The number of fused-ring (bicyclic) bond motifs is 1. The third kappa shape index (κ3) is 4.17. The maximum atomic E-state index is 13.8. The van der Waals surface area contributed by atoms with Crippen LogP contribution >= 0.6 is 0 Å². The lowest BCUT2D eigenvalue weighted by atomic mass is 9.93. The summed E-state index contributed by atoms with van der Waals surface area (Å²) < 4.78 is 5.78. The molecule has 186 valence electrons. The van der Waals surface area contributed by atoms with Crippen LogP contribution in [0.4, 0.5) is 11.4 Å². The summed E-state index contributed by atoms with van der Waals surface area (Å²) in [7, 11) is 3.74. The van der Waals surface area contributed by atoms with Crippen LogP contribution in [0.1, 0.15) is 69.6 Å². The van der Waals surface area contributed by atoms with Crippen molar-refractivity contribution in [3.8, 4) is 0 Å². The molecule has 2 fully saturated rings. The Kier molecular flexibility index (Phi) is 6.25. The minimum atomic E-state index is -0.0797. The predicted octanol–water partition coefficient (Wildman–Crippen LogP) is 4.09. The number of anilines is 2. The summed E-state index contributed by atoms with van der Waals surface area (Å²) in [6, 6.07) is 0.444. The standard InChI is InChI=1S/C26H35N7O2/c1-5-8-20-21(14-30(3)29-20)28-22-15-32(19-12-11-18(13-19)31(4)23(34)6-2)26(35)25-24(22)27-16-33(25)17-9-7-10-17/h6,14-19,28H,2,5,7-13H2,1,3-4H3. The normalized spacial score (nSPS) is 20.2. The van der Waals surface area contributed by atoms with E-state index in [-0.39, 0.29) is 23.6 Å². The number of carbonyl (C=O) groups is 1. The molecule has 2 aliphatic rings. The highest BCUT2D eigenvalue weighted by molar-refractivity contribution is 5.90. The molecule has 3 aromatic rings. The van der Waals surface area contributed by atoms with Crippen LogP contribution in [0.25, 0.3) is 11.0 Å². The fraction of sp³-hybridized carbons (Fsp3) is 0.538. The molecule has 2 aliphatic carbocycles. The summed E-state index contributed by atoms with van der Waals surface area (Å²) in [4.78, 5) is 32.5. The highest BCUT2D eigenvalue weighted by Crippen LogP contribution is 2.37. The number of hydrogen-bond acceptors (Lipinski definition) is 5. The van der Waals surface area contributed by atoms with Crippen LogP contribution < -0.4 is 10.9 Å². The van der Waals surface area contributed by atoms with Crippen molar-refractivity contribution in [1.29, 1.82) is 0 Å². The molecule has 0 aliphatic heterocycles. The van der Waals surface area contributed by atoms with E-state index in [4.69, 9.17) is 4.98 Å². The quantitative estimate of drug-likeness (QED) is 0.494. The van der Waals surface area contributed by atoms with Crippen LogP contribution in [0.15, 0.2) is 36.2 Å². The van der Waals surface area contributed by atoms with Crippen molar-refractivity contribution in [3.05, 3.63) is 47.4 Å². The van der Waals surface area contributed by atoms with Crippen LogP contribution in [0.2, 0.25) is 0 Å². The molecular weight excluding hydrogens is 442 g/mol. The number of carbonyl (C=O) groups excluding carboxylic acids is 1. The lowest BCUT2D eigenvalue weighted by molar-refractivity contribution is -0.126. The van der Waals surface area contributed by atoms with E-state index in [2.05, 4.69) is 28.5 Å². The number of nitrogens with one attached hydrogen (secondary N) is 1.